The Hall–Kier alpha value is -0.590. The zero-order chi connectivity index (χ0) is 8.18. The van der Waals surface area contributed by atoms with E-state index in [1.54, 1.807) is 0 Å². The van der Waals surface area contributed by atoms with Crippen molar-refractivity contribution in [2.24, 2.45) is 17.3 Å². The molecule has 3 aliphatic carbocycles. The summed E-state index contributed by atoms with van der Waals surface area (Å²) in [7, 11) is 0. The van der Waals surface area contributed by atoms with Crippen LogP contribution < -0.4 is 0 Å². The van der Waals surface area contributed by atoms with E-state index in [4.69, 9.17) is 0 Å². The SMILES string of the molecule is O=C1[C@@H]2CC[C@@H](C2)C12CC=CC2. The number of ketones is 1. The van der Waals surface area contributed by atoms with Crippen molar-refractivity contribution in [1.29, 1.82) is 0 Å². The highest BCUT2D eigenvalue weighted by Crippen LogP contribution is 2.58. The lowest BCUT2D eigenvalue weighted by atomic mass is 9.70. The first kappa shape index (κ1) is 6.88. The van der Waals surface area contributed by atoms with Crippen LogP contribution in [-0.4, -0.2) is 5.78 Å². The molecule has 0 amide bonds. The van der Waals surface area contributed by atoms with E-state index >= 15 is 0 Å². The maximum Gasteiger partial charge on any atom is 0.143 e. The zero-order valence-electron chi connectivity index (χ0n) is 7.25. The molecular weight excluding hydrogens is 148 g/mol. The van der Waals surface area contributed by atoms with Gasteiger partial charge in [-0.05, 0) is 38.0 Å². The summed E-state index contributed by atoms with van der Waals surface area (Å²) in [5.41, 5.74) is 0.114. The number of allylic oxidation sites excluding steroid dienone is 2. The molecule has 0 radical (unpaired) electrons. The molecule has 0 unspecified atom stereocenters. The van der Waals surface area contributed by atoms with Crippen LogP contribution in [0.2, 0.25) is 0 Å². The summed E-state index contributed by atoms with van der Waals surface area (Å²) in [5, 5.41) is 0. The normalized spacial score (nSPS) is 41.8. The van der Waals surface area contributed by atoms with E-state index in [1.807, 2.05) is 0 Å². The number of fused-ring (bicyclic) bond motifs is 3. The van der Waals surface area contributed by atoms with E-state index in [2.05, 4.69) is 12.2 Å². The molecule has 0 heterocycles. The van der Waals surface area contributed by atoms with Crippen LogP contribution >= 0.6 is 0 Å². The van der Waals surface area contributed by atoms with Gasteiger partial charge in [-0.15, -0.1) is 0 Å². The lowest BCUT2D eigenvalue weighted by molar-refractivity contribution is -0.131. The Morgan fingerprint density at radius 1 is 1.25 bits per heavy atom. The number of Topliss-reactive ketones (excluding diaryl/α,β-unsaturated/α-hetero) is 1. The van der Waals surface area contributed by atoms with Gasteiger partial charge in [-0.2, -0.15) is 0 Å². The molecule has 2 fully saturated rings. The minimum Gasteiger partial charge on any atom is -0.299 e. The topological polar surface area (TPSA) is 17.1 Å². The quantitative estimate of drug-likeness (QED) is 0.499. The molecule has 0 aromatic rings. The summed E-state index contributed by atoms with van der Waals surface area (Å²) >= 11 is 0. The fourth-order valence-corrected chi connectivity index (χ4v) is 3.53. The molecule has 64 valence electrons. The molecule has 1 spiro atoms. The minimum absolute atomic E-state index is 0.114. The van der Waals surface area contributed by atoms with Crippen LogP contribution in [0.25, 0.3) is 0 Å². The predicted octanol–water partition coefficient (Wildman–Crippen LogP) is 2.32. The second-order valence-corrected chi connectivity index (χ2v) is 4.61. The highest BCUT2D eigenvalue weighted by molar-refractivity contribution is 5.91. The van der Waals surface area contributed by atoms with Crippen molar-refractivity contribution in [3.63, 3.8) is 0 Å². The molecule has 0 aromatic heterocycles. The Morgan fingerprint density at radius 3 is 2.58 bits per heavy atom. The first-order valence-electron chi connectivity index (χ1n) is 5.02. The van der Waals surface area contributed by atoms with Gasteiger partial charge in [0.05, 0.1) is 0 Å². The van der Waals surface area contributed by atoms with Crippen LogP contribution in [0.1, 0.15) is 32.1 Å². The van der Waals surface area contributed by atoms with E-state index < -0.39 is 0 Å². The molecule has 0 N–H and O–H groups in total. The van der Waals surface area contributed by atoms with E-state index in [1.165, 1.54) is 19.3 Å². The molecule has 0 aliphatic heterocycles. The van der Waals surface area contributed by atoms with Crippen LogP contribution in [0.5, 0.6) is 0 Å². The molecular formula is C11H14O. The third-order valence-electron chi connectivity index (χ3n) is 4.21. The second-order valence-electron chi connectivity index (χ2n) is 4.61. The summed E-state index contributed by atoms with van der Waals surface area (Å²) in [6.07, 6.45) is 10.2. The fourth-order valence-electron chi connectivity index (χ4n) is 3.53. The molecule has 2 saturated carbocycles. The van der Waals surface area contributed by atoms with E-state index in [9.17, 15) is 4.79 Å². The van der Waals surface area contributed by atoms with Gasteiger partial charge < -0.3 is 0 Å². The standard InChI is InChI=1S/C11H14O/c12-10-8-3-4-9(7-8)11(10)5-1-2-6-11/h1-2,8-9H,3-7H2/t8-,9+/m1/s1. The third kappa shape index (κ3) is 0.596. The van der Waals surface area contributed by atoms with Gasteiger partial charge in [0.25, 0.3) is 0 Å². The van der Waals surface area contributed by atoms with Gasteiger partial charge in [0.15, 0.2) is 0 Å². The van der Waals surface area contributed by atoms with Gasteiger partial charge in [-0.3, -0.25) is 4.79 Å². The average Bonchev–Trinajstić information content (AvgIpc) is 2.75. The van der Waals surface area contributed by atoms with Gasteiger partial charge in [-0.1, -0.05) is 12.2 Å². The smallest absolute Gasteiger partial charge is 0.143 e. The molecule has 1 nitrogen and oxygen atoms in total. The predicted molar refractivity (Wildman–Crippen MR) is 46.6 cm³/mol. The highest BCUT2D eigenvalue weighted by atomic mass is 16.1. The Kier molecular flexibility index (Phi) is 1.15. The molecule has 1 heteroatoms. The van der Waals surface area contributed by atoms with Crippen LogP contribution in [0, 0.1) is 17.3 Å². The van der Waals surface area contributed by atoms with Crippen molar-refractivity contribution in [3.05, 3.63) is 12.2 Å². The van der Waals surface area contributed by atoms with Gasteiger partial charge >= 0.3 is 0 Å². The number of hydrogen-bond acceptors (Lipinski definition) is 1. The van der Waals surface area contributed by atoms with Crippen LogP contribution in [0.4, 0.5) is 0 Å². The van der Waals surface area contributed by atoms with Gasteiger partial charge in [0.2, 0.25) is 0 Å². The van der Waals surface area contributed by atoms with E-state index in [0.29, 0.717) is 11.7 Å². The Morgan fingerprint density at radius 2 is 2.00 bits per heavy atom. The Bertz CT molecular complexity index is 256. The van der Waals surface area contributed by atoms with Crippen molar-refractivity contribution < 1.29 is 4.79 Å². The van der Waals surface area contributed by atoms with Crippen LogP contribution in [-0.2, 0) is 4.79 Å². The number of hydrogen-bond donors (Lipinski definition) is 0. The van der Waals surface area contributed by atoms with Crippen LogP contribution in [0.3, 0.4) is 0 Å². The van der Waals surface area contributed by atoms with Gasteiger partial charge in [0.1, 0.15) is 5.78 Å². The molecule has 12 heavy (non-hydrogen) atoms. The summed E-state index contributed by atoms with van der Waals surface area (Å²) in [4.78, 5) is 12.0. The monoisotopic (exact) mass is 162 g/mol. The molecule has 0 saturated heterocycles. The van der Waals surface area contributed by atoms with Crippen molar-refractivity contribution in [2.75, 3.05) is 0 Å². The molecule has 3 aliphatic rings. The Labute approximate surface area is 72.8 Å². The summed E-state index contributed by atoms with van der Waals surface area (Å²) in [6, 6.07) is 0. The Balaban J connectivity index is 2.00. The average molecular weight is 162 g/mol. The van der Waals surface area contributed by atoms with Crippen LogP contribution in [0.15, 0.2) is 12.2 Å². The van der Waals surface area contributed by atoms with Gasteiger partial charge in [0, 0.05) is 11.3 Å². The molecule has 2 bridgehead atoms. The van der Waals surface area contributed by atoms with E-state index in [-0.39, 0.29) is 5.41 Å². The molecule has 2 atom stereocenters. The number of carbonyl (C=O) groups is 1. The van der Waals surface area contributed by atoms with E-state index in [0.717, 1.165) is 18.8 Å². The van der Waals surface area contributed by atoms with Crippen molar-refractivity contribution >= 4 is 5.78 Å². The maximum atomic E-state index is 12.0. The fraction of sp³-hybridized carbons (Fsp3) is 0.727. The van der Waals surface area contributed by atoms with Crippen molar-refractivity contribution in [2.45, 2.75) is 32.1 Å². The highest BCUT2D eigenvalue weighted by Gasteiger charge is 2.57. The van der Waals surface area contributed by atoms with Crippen molar-refractivity contribution in [3.8, 4) is 0 Å². The summed E-state index contributed by atoms with van der Waals surface area (Å²) < 4.78 is 0. The summed E-state index contributed by atoms with van der Waals surface area (Å²) in [6.45, 7) is 0. The summed E-state index contributed by atoms with van der Waals surface area (Å²) in [5.74, 6) is 1.80. The minimum atomic E-state index is 0.114. The number of rotatable bonds is 0. The maximum absolute atomic E-state index is 12.0. The molecule has 0 aromatic carbocycles. The number of carbonyl (C=O) groups excluding carboxylic acids is 1. The third-order valence-corrected chi connectivity index (χ3v) is 4.21. The molecule has 3 rings (SSSR count). The lowest BCUT2D eigenvalue weighted by Crippen LogP contribution is -2.34. The largest absolute Gasteiger partial charge is 0.299 e. The van der Waals surface area contributed by atoms with Gasteiger partial charge in [-0.25, -0.2) is 0 Å². The second kappa shape index (κ2) is 2.01. The zero-order valence-corrected chi connectivity index (χ0v) is 7.25. The first-order valence-corrected chi connectivity index (χ1v) is 5.02. The first-order chi connectivity index (χ1) is 5.83. The van der Waals surface area contributed by atoms with Crippen molar-refractivity contribution in [1.82, 2.24) is 0 Å². The lowest BCUT2D eigenvalue weighted by Gasteiger charge is -2.31.